The molecule has 0 saturated carbocycles. The molecule has 1 aliphatic rings. The molecule has 0 aromatic rings. The Balaban J connectivity index is 2.65. The molecule has 1 fully saturated rings. The zero-order chi connectivity index (χ0) is 13.3. The number of amides is 1. The van der Waals surface area contributed by atoms with Crippen LogP contribution in [0.25, 0.3) is 0 Å². The minimum atomic E-state index is -0.604. The lowest BCUT2D eigenvalue weighted by molar-refractivity contribution is -0.148. The molecule has 0 spiro atoms. The Morgan fingerprint density at radius 1 is 1.35 bits per heavy atom. The third-order valence-electron chi connectivity index (χ3n) is 3.53. The summed E-state index contributed by atoms with van der Waals surface area (Å²) in [5.74, 6) is 0.311. The molecule has 0 atom stereocenters. The van der Waals surface area contributed by atoms with Gasteiger partial charge in [0.15, 0.2) is 5.78 Å². The van der Waals surface area contributed by atoms with E-state index in [9.17, 15) is 9.59 Å². The summed E-state index contributed by atoms with van der Waals surface area (Å²) in [6.07, 6.45) is 2.83. The molecule has 1 rings (SSSR count). The maximum atomic E-state index is 12.2. The van der Waals surface area contributed by atoms with Crippen LogP contribution >= 0.6 is 0 Å². The number of carbonyl (C=O) groups excluding carboxylic acids is 2. The highest BCUT2D eigenvalue weighted by Gasteiger charge is 2.39. The molecule has 0 unspecified atom stereocenters. The van der Waals surface area contributed by atoms with Gasteiger partial charge in [0.2, 0.25) is 5.91 Å². The summed E-state index contributed by atoms with van der Waals surface area (Å²) >= 11 is 0. The van der Waals surface area contributed by atoms with Gasteiger partial charge in [-0.25, -0.2) is 0 Å². The van der Waals surface area contributed by atoms with Crippen LogP contribution in [-0.4, -0.2) is 28.7 Å². The van der Waals surface area contributed by atoms with Crippen LogP contribution in [0, 0.1) is 5.41 Å². The van der Waals surface area contributed by atoms with Crippen molar-refractivity contribution in [2.24, 2.45) is 5.41 Å². The maximum Gasteiger partial charge on any atom is 0.223 e. The normalized spacial score (nSPS) is 20.5. The second-order valence-electron chi connectivity index (χ2n) is 6.69. The molecule has 1 heterocycles. The predicted octanol–water partition coefficient (Wildman–Crippen LogP) is 2.78. The summed E-state index contributed by atoms with van der Waals surface area (Å²) in [6.45, 7) is 10.8. The van der Waals surface area contributed by atoms with Gasteiger partial charge in [-0.2, -0.15) is 0 Å². The van der Waals surface area contributed by atoms with Gasteiger partial charge < -0.3 is 4.90 Å². The van der Waals surface area contributed by atoms with E-state index in [0.717, 1.165) is 19.4 Å². The summed E-state index contributed by atoms with van der Waals surface area (Å²) in [5, 5.41) is 0. The van der Waals surface area contributed by atoms with Gasteiger partial charge in [-0.05, 0) is 32.1 Å². The van der Waals surface area contributed by atoms with E-state index < -0.39 is 5.54 Å². The number of nitrogens with zero attached hydrogens (tertiary/aromatic N) is 1. The smallest absolute Gasteiger partial charge is 0.223 e. The predicted molar refractivity (Wildman–Crippen MR) is 68.7 cm³/mol. The second-order valence-corrected chi connectivity index (χ2v) is 6.69. The van der Waals surface area contributed by atoms with E-state index in [1.165, 1.54) is 0 Å². The molecule has 98 valence electrons. The standard InChI is InChI=1S/C14H25NO2/c1-13(2,3)9-8-12(17)15-10-6-7-11(16)14(15,4)5/h6-10H2,1-5H3. The van der Waals surface area contributed by atoms with Gasteiger partial charge >= 0.3 is 0 Å². The van der Waals surface area contributed by atoms with Crippen molar-refractivity contribution in [1.29, 1.82) is 0 Å². The van der Waals surface area contributed by atoms with Crippen molar-refractivity contribution in [2.45, 2.75) is 65.8 Å². The molecule has 0 radical (unpaired) electrons. The first kappa shape index (κ1) is 14.2. The van der Waals surface area contributed by atoms with Gasteiger partial charge in [0.25, 0.3) is 0 Å². The summed E-state index contributed by atoms with van der Waals surface area (Å²) in [4.78, 5) is 25.8. The number of hydrogen-bond donors (Lipinski definition) is 0. The van der Waals surface area contributed by atoms with Crippen LogP contribution in [0.15, 0.2) is 0 Å². The van der Waals surface area contributed by atoms with E-state index in [2.05, 4.69) is 20.8 Å². The lowest BCUT2D eigenvalue weighted by Gasteiger charge is -2.41. The van der Waals surface area contributed by atoms with E-state index >= 15 is 0 Å². The molecule has 3 nitrogen and oxygen atoms in total. The molecule has 3 heteroatoms. The van der Waals surface area contributed by atoms with Crippen molar-refractivity contribution in [1.82, 2.24) is 4.90 Å². The Kier molecular flexibility index (Phi) is 4.00. The summed E-state index contributed by atoms with van der Waals surface area (Å²) in [5.41, 5.74) is -0.438. The number of likely N-dealkylation sites (tertiary alicyclic amines) is 1. The van der Waals surface area contributed by atoms with Gasteiger partial charge in [-0.1, -0.05) is 20.8 Å². The van der Waals surface area contributed by atoms with E-state index in [0.29, 0.717) is 12.8 Å². The maximum absolute atomic E-state index is 12.2. The number of hydrogen-bond acceptors (Lipinski definition) is 2. The summed E-state index contributed by atoms with van der Waals surface area (Å²) in [7, 11) is 0. The number of piperidine rings is 1. The highest BCUT2D eigenvalue weighted by atomic mass is 16.2. The Bertz CT molecular complexity index is 313. The van der Waals surface area contributed by atoms with E-state index in [4.69, 9.17) is 0 Å². The summed E-state index contributed by atoms with van der Waals surface area (Å²) in [6, 6.07) is 0. The molecule has 0 aromatic heterocycles. The van der Waals surface area contributed by atoms with Crippen molar-refractivity contribution in [3.05, 3.63) is 0 Å². The van der Waals surface area contributed by atoms with Gasteiger partial charge in [0, 0.05) is 19.4 Å². The minimum Gasteiger partial charge on any atom is -0.331 e. The van der Waals surface area contributed by atoms with E-state index in [1.807, 2.05) is 13.8 Å². The quantitative estimate of drug-likeness (QED) is 0.743. The summed E-state index contributed by atoms with van der Waals surface area (Å²) < 4.78 is 0. The average molecular weight is 239 g/mol. The fourth-order valence-electron chi connectivity index (χ4n) is 2.19. The molecule has 17 heavy (non-hydrogen) atoms. The molecule has 1 aliphatic heterocycles. The number of ketones is 1. The Hall–Kier alpha value is -0.860. The zero-order valence-electron chi connectivity index (χ0n) is 11.8. The van der Waals surface area contributed by atoms with E-state index in [1.54, 1.807) is 4.90 Å². The number of Topliss-reactive ketones (excluding diaryl/α,β-unsaturated/α-hetero) is 1. The fraction of sp³-hybridized carbons (Fsp3) is 0.857. The van der Waals surface area contributed by atoms with Crippen LogP contribution < -0.4 is 0 Å². The van der Waals surface area contributed by atoms with Crippen molar-refractivity contribution >= 4 is 11.7 Å². The van der Waals surface area contributed by atoms with Crippen LogP contribution in [0.4, 0.5) is 0 Å². The van der Waals surface area contributed by atoms with Crippen LogP contribution in [0.5, 0.6) is 0 Å². The SMILES string of the molecule is CC(C)(C)CCC(=O)N1CCCC(=O)C1(C)C. The molecule has 0 aromatic carbocycles. The molecule has 1 amide bonds. The van der Waals surface area contributed by atoms with Crippen LogP contribution in [0.2, 0.25) is 0 Å². The molecular formula is C14H25NO2. The van der Waals surface area contributed by atoms with Crippen molar-refractivity contribution < 1.29 is 9.59 Å². The van der Waals surface area contributed by atoms with Gasteiger partial charge in [-0.15, -0.1) is 0 Å². The van der Waals surface area contributed by atoms with Crippen molar-refractivity contribution in [3.63, 3.8) is 0 Å². The van der Waals surface area contributed by atoms with Gasteiger partial charge in [0.05, 0.1) is 5.54 Å². The fourth-order valence-corrected chi connectivity index (χ4v) is 2.19. The Morgan fingerprint density at radius 2 is 1.94 bits per heavy atom. The van der Waals surface area contributed by atoms with Crippen LogP contribution in [-0.2, 0) is 9.59 Å². The second kappa shape index (κ2) is 4.79. The molecule has 0 aliphatic carbocycles. The third-order valence-corrected chi connectivity index (χ3v) is 3.53. The third kappa shape index (κ3) is 3.55. The first-order chi connectivity index (χ1) is 7.64. The van der Waals surface area contributed by atoms with Crippen LogP contribution in [0.3, 0.4) is 0 Å². The Labute approximate surface area is 105 Å². The largest absolute Gasteiger partial charge is 0.331 e. The van der Waals surface area contributed by atoms with Crippen LogP contribution in [0.1, 0.15) is 60.3 Å². The number of rotatable bonds is 2. The first-order valence-electron chi connectivity index (χ1n) is 6.48. The first-order valence-corrected chi connectivity index (χ1v) is 6.48. The Morgan fingerprint density at radius 3 is 2.47 bits per heavy atom. The lowest BCUT2D eigenvalue weighted by Crippen LogP contribution is -2.56. The molecular weight excluding hydrogens is 214 g/mol. The van der Waals surface area contributed by atoms with E-state index in [-0.39, 0.29) is 17.1 Å². The molecule has 1 saturated heterocycles. The average Bonchev–Trinajstić information content (AvgIpc) is 2.17. The van der Waals surface area contributed by atoms with Gasteiger partial charge in [-0.3, -0.25) is 9.59 Å². The molecule has 0 bridgehead atoms. The lowest BCUT2D eigenvalue weighted by atomic mass is 9.86. The van der Waals surface area contributed by atoms with Crippen molar-refractivity contribution in [2.75, 3.05) is 6.54 Å². The monoisotopic (exact) mass is 239 g/mol. The highest BCUT2D eigenvalue weighted by molar-refractivity contribution is 5.93. The minimum absolute atomic E-state index is 0.123. The number of carbonyl (C=O) groups is 2. The molecule has 0 N–H and O–H groups in total. The van der Waals surface area contributed by atoms with Crippen molar-refractivity contribution in [3.8, 4) is 0 Å². The highest BCUT2D eigenvalue weighted by Crippen LogP contribution is 2.27. The zero-order valence-corrected chi connectivity index (χ0v) is 11.8. The topological polar surface area (TPSA) is 37.4 Å². The van der Waals surface area contributed by atoms with Gasteiger partial charge in [0.1, 0.15) is 0 Å².